The number of benzene rings is 1. The van der Waals surface area contributed by atoms with Crippen molar-refractivity contribution < 1.29 is 9.53 Å². The average Bonchev–Trinajstić information content (AvgIpc) is 2.18. The van der Waals surface area contributed by atoms with Gasteiger partial charge in [0, 0.05) is 0 Å². The maximum atomic E-state index is 11.7. The standard InChI is InChI=1S/C13H18O2/c1-5-13(3,4)15-12(14)11-8-6-10(2)7-9-11/h6-9H,5H2,1-4H3. The number of ether oxygens (including phenoxy) is 1. The van der Waals surface area contributed by atoms with E-state index in [1.165, 1.54) is 0 Å². The molecule has 0 amide bonds. The smallest absolute Gasteiger partial charge is 0.338 e. The zero-order valence-electron chi connectivity index (χ0n) is 9.83. The molecule has 1 rings (SSSR count). The van der Waals surface area contributed by atoms with Crippen molar-refractivity contribution in [2.75, 3.05) is 0 Å². The largest absolute Gasteiger partial charge is 0.456 e. The van der Waals surface area contributed by atoms with Crippen LogP contribution in [-0.2, 0) is 4.74 Å². The molecule has 15 heavy (non-hydrogen) atoms. The second kappa shape index (κ2) is 4.47. The Morgan fingerprint density at radius 1 is 1.27 bits per heavy atom. The van der Waals surface area contributed by atoms with Crippen molar-refractivity contribution in [3.05, 3.63) is 35.4 Å². The summed E-state index contributed by atoms with van der Waals surface area (Å²) in [5, 5.41) is 0. The van der Waals surface area contributed by atoms with E-state index in [1.54, 1.807) is 12.1 Å². The van der Waals surface area contributed by atoms with Gasteiger partial charge < -0.3 is 4.74 Å². The number of rotatable bonds is 3. The van der Waals surface area contributed by atoms with Crippen molar-refractivity contribution >= 4 is 5.97 Å². The Bertz CT molecular complexity index is 336. The van der Waals surface area contributed by atoms with Crippen molar-refractivity contribution in [1.82, 2.24) is 0 Å². The first kappa shape index (κ1) is 11.8. The van der Waals surface area contributed by atoms with Crippen molar-refractivity contribution in [2.45, 2.75) is 39.7 Å². The van der Waals surface area contributed by atoms with E-state index in [0.29, 0.717) is 5.56 Å². The molecule has 0 heterocycles. The summed E-state index contributed by atoms with van der Waals surface area (Å²) in [5.74, 6) is -0.248. The van der Waals surface area contributed by atoms with Gasteiger partial charge in [-0.15, -0.1) is 0 Å². The third-order valence-corrected chi connectivity index (χ3v) is 2.51. The van der Waals surface area contributed by atoms with Gasteiger partial charge >= 0.3 is 5.97 Å². The fourth-order valence-electron chi connectivity index (χ4n) is 1.07. The maximum Gasteiger partial charge on any atom is 0.338 e. The van der Waals surface area contributed by atoms with E-state index in [1.807, 2.05) is 39.8 Å². The SMILES string of the molecule is CCC(C)(C)OC(=O)c1ccc(C)cc1. The first-order valence-corrected chi connectivity index (χ1v) is 5.24. The highest BCUT2D eigenvalue weighted by Crippen LogP contribution is 2.16. The van der Waals surface area contributed by atoms with E-state index in [9.17, 15) is 4.79 Å². The van der Waals surface area contributed by atoms with Gasteiger partial charge in [0.2, 0.25) is 0 Å². The lowest BCUT2D eigenvalue weighted by molar-refractivity contribution is -0.00243. The molecule has 0 radical (unpaired) electrons. The van der Waals surface area contributed by atoms with Gasteiger partial charge in [-0.25, -0.2) is 4.79 Å². The van der Waals surface area contributed by atoms with Gasteiger partial charge in [0.1, 0.15) is 5.60 Å². The van der Waals surface area contributed by atoms with Crippen LogP contribution in [0.3, 0.4) is 0 Å². The number of esters is 1. The number of hydrogen-bond donors (Lipinski definition) is 0. The summed E-state index contributed by atoms with van der Waals surface area (Å²) in [6.07, 6.45) is 0.810. The summed E-state index contributed by atoms with van der Waals surface area (Å²) >= 11 is 0. The highest BCUT2D eigenvalue weighted by Gasteiger charge is 2.21. The van der Waals surface area contributed by atoms with E-state index in [-0.39, 0.29) is 11.6 Å². The third kappa shape index (κ3) is 3.39. The van der Waals surface area contributed by atoms with Crippen LogP contribution in [0.5, 0.6) is 0 Å². The minimum Gasteiger partial charge on any atom is -0.456 e. The Hall–Kier alpha value is -1.31. The van der Waals surface area contributed by atoms with Crippen LogP contribution in [0.1, 0.15) is 43.1 Å². The number of aryl methyl sites for hydroxylation is 1. The molecular weight excluding hydrogens is 188 g/mol. The van der Waals surface area contributed by atoms with Crippen LogP contribution in [0.4, 0.5) is 0 Å². The molecule has 0 aromatic heterocycles. The van der Waals surface area contributed by atoms with Crippen LogP contribution in [-0.4, -0.2) is 11.6 Å². The van der Waals surface area contributed by atoms with E-state index in [2.05, 4.69) is 0 Å². The van der Waals surface area contributed by atoms with E-state index >= 15 is 0 Å². The summed E-state index contributed by atoms with van der Waals surface area (Å²) < 4.78 is 5.37. The highest BCUT2D eigenvalue weighted by molar-refractivity contribution is 5.89. The molecule has 0 aliphatic carbocycles. The molecule has 1 aromatic carbocycles. The van der Waals surface area contributed by atoms with Gasteiger partial charge in [-0.1, -0.05) is 24.6 Å². The van der Waals surface area contributed by atoms with Crippen LogP contribution >= 0.6 is 0 Å². The van der Waals surface area contributed by atoms with Gasteiger partial charge in [0.15, 0.2) is 0 Å². The van der Waals surface area contributed by atoms with Crippen molar-refractivity contribution in [3.63, 3.8) is 0 Å². The molecular formula is C13H18O2. The second-order valence-electron chi connectivity index (χ2n) is 4.37. The molecule has 82 valence electrons. The van der Waals surface area contributed by atoms with E-state index in [0.717, 1.165) is 12.0 Å². The number of carbonyl (C=O) groups is 1. The number of carbonyl (C=O) groups excluding carboxylic acids is 1. The topological polar surface area (TPSA) is 26.3 Å². The van der Waals surface area contributed by atoms with Crippen molar-refractivity contribution in [3.8, 4) is 0 Å². The fourth-order valence-corrected chi connectivity index (χ4v) is 1.07. The molecule has 2 nitrogen and oxygen atoms in total. The second-order valence-corrected chi connectivity index (χ2v) is 4.37. The molecule has 1 aromatic rings. The summed E-state index contributed by atoms with van der Waals surface area (Å²) in [5.41, 5.74) is 1.37. The Labute approximate surface area is 91.3 Å². The molecule has 0 fully saturated rings. The predicted molar refractivity (Wildman–Crippen MR) is 61.0 cm³/mol. The van der Waals surface area contributed by atoms with Gasteiger partial charge in [-0.2, -0.15) is 0 Å². The quantitative estimate of drug-likeness (QED) is 0.709. The normalized spacial score (nSPS) is 11.2. The van der Waals surface area contributed by atoms with Gasteiger partial charge in [-0.3, -0.25) is 0 Å². The lowest BCUT2D eigenvalue weighted by atomic mass is 10.1. The zero-order chi connectivity index (χ0) is 11.5. The molecule has 0 spiro atoms. The lowest BCUT2D eigenvalue weighted by Crippen LogP contribution is -2.26. The van der Waals surface area contributed by atoms with Crippen LogP contribution in [0.15, 0.2) is 24.3 Å². The lowest BCUT2D eigenvalue weighted by Gasteiger charge is -2.23. The molecule has 0 unspecified atom stereocenters. The Balaban J connectivity index is 2.74. The van der Waals surface area contributed by atoms with Crippen LogP contribution < -0.4 is 0 Å². The summed E-state index contributed by atoms with van der Waals surface area (Å²) in [4.78, 5) is 11.7. The first-order chi connectivity index (χ1) is 6.94. The fraction of sp³-hybridized carbons (Fsp3) is 0.462. The molecule has 0 atom stereocenters. The monoisotopic (exact) mass is 206 g/mol. The molecule has 0 N–H and O–H groups in total. The number of hydrogen-bond acceptors (Lipinski definition) is 2. The summed E-state index contributed by atoms with van der Waals surface area (Å²) in [6, 6.07) is 7.41. The zero-order valence-corrected chi connectivity index (χ0v) is 9.83. The van der Waals surface area contributed by atoms with Crippen molar-refractivity contribution in [1.29, 1.82) is 0 Å². The minimum absolute atomic E-state index is 0.248. The molecule has 0 bridgehead atoms. The van der Waals surface area contributed by atoms with Gasteiger partial charge in [0.25, 0.3) is 0 Å². The summed E-state index contributed by atoms with van der Waals surface area (Å²) in [7, 11) is 0. The molecule has 0 saturated heterocycles. The van der Waals surface area contributed by atoms with Crippen molar-refractivity contribution in [2.24, 2.45) is 0 Å². The highest BCUT2D eigenvalue weighted by atomic mass is 16.6. The molecule has 2 heteroatoms. The van der Waals surface area contributed by atoms with Gasteiger partial charge in [-0.05, 0) is 39.3 Å². The molecule has 0 aliphatic rings. The maximum absolute atomic E-state index is 11.7. The predicted octanol–water partition coefficient (Wildman–Crippen LogP) is 3.34. The van der Waals surface area contributed by atoms with Crippen LogP contribution in [0.2, 0.25) is 0 Å². The van der Waals surface area contributed by atoms with Gasteiger partial charge in [0.05, 0.1) is 5.56 Å². The average molecular weight is 206 g/mol. The Kier molecular flexibility index (Phi) is 3.51. The third-order valence-electron chi connectivity index (χ3n) is 2.51. The van der Waals surface area contributed by atoms with Crippen LogP contribution in [0.25, 0.3) is 0 Å². The Morgan fingerprint density at radius 2 is 1.80 bits per heavy atom. The van der Waals surface area contributed by atoms with E-state index < -0.39 is 0 Å². The Morgan fingerprint density at radius 3 is 2.27 bits per heavy atom. The first-order valence-electron chi connectivity index (χ1n) is 5.24. The molecule has 0 aliphatic heterocycles. The molecule has 0 saturated carbocycles. The van der Waals surface area contributed by atoms with E-state index in [4.69, 9.17) is 4.74 Å². The summed E-state index contributed by atoms with van der Waals surface area (Å²) in [6.45, 7) is 7.83. The van der Waals surface area contributed by atoms with Crippen LogP contribution in [0, 0.1) is 6.92 Å². The minimum atomic E-state index is -0.387.